The summed E-state index contributed by atoms with van der Waals surface area (Å²) < 4.78 is 32.8. The van der Waals surface area contributed by atoms with E-state index < -0.39 is 17.9 Å². The van der Waals surface area contributed by atoms with Gasteiger partial charge in [-0.25, -0.2) is 4.98 Å². The molecule has 1 aliphatic rings. The van der Waals surface area contributed by atoms with Crippen molar-refractivity contribution in [2.24, 2.45) is 7.05 Å². The minimum absolute atomic E-state index is 0.113. The van der Waals surface area contributed by atoms with Crippen LogP contribution in [-0.4, -0.2) is 46.3 Å². The quantitative estimate of drug-likeness (QED) is 0.372. The van der Waals surface area contributed by atoms with Crippen LogP contribution in [-0.2, 0) is 11.8 Å². The zero-order valence-corrected chi connectivity index (χ0v) is 21.0. The molecule has 2 aromatic heterocycles. The Labute approximate surface area is 214 Å². The number of ether oxygens (including phenoxy) is 1. The van der Waals surface area contributed by atoms with Gasteiger partial charge in [-0.05, 0) is 55.2 Å². The number of alkyl halides is 2. The number of anilines is 1. The van der Waals surface area contributed by atoms with Crippen molar-refractivity contribution < 1.29 is 18.3 Å². The molecule has 37 heavy (non-hydrogen) atoms. The number of nitrogens with one attached hydrogen (secondary N) is 3. The maximum absolute atomic E-state index is 12.9. The van der Waals surface area contributed by atoms with Crippen LogP contribution in [0.5, 0.6) is 5.88 Å². The summed E-state index contributed by atoms with van der Waals surface area (Å²) in [6, 6.07) is 13.8. The number of aromatic nitrogens is 2. The van der Waals surface area contributed by atoms with Crippen molar-refractivity contribution in [2.45, 2.75) is 44.8 Å². The molecule has 8 nitrogen and oxygen atoms in total. The minimum Gasteiger partial charge on any atom is -0.474 e. The first-order valence-corrected chi connectivity index (χ1v) is 11.9. The van der Waals surface area contributed by atoms with Gasteiger partial charge in [0.1, 0.15) is 6.10 Å². The van der Waals surface area contributed by atoms with E-state index in [-0.39, 0.29) is 12.1 Å². The fourth-order valence-electron chi connectivity index (χ4n) is 3.23. The lowest BCUT2D eigenvalue weighted by Crippen LogP contribution is -2.45. The molecule has 2 heterocycles. The highest BCUT2D eigenvalue weighted by Gasteiger charge is 2.32. The summed E-state index contributed by atoms with van der Waals surface area (Å²) in [6.45, 7) is 2.38. The van der Waals surface area contributed by atoms with E-state index in [1.807, 2.05) is 24.3 Å². The van der Waals surface area contributed by atoms with Gasteiger partial charge in [-0.1, -0.05) is 12.1 Å². The second kappa shape index (κ2) is 12.2. The first-order chi connectivity index (χ1) is 17.6. The maximum atomic E-state index is 12.9. The predicted molar refractivity (Wildman–Crippen MR) is 140 cm³/mol. The molecule has 3 N–H and O–H groups in total. The molecule has 0 bridgehead atoms. The Kier molecular flexibility index (Phi) is 9.10. The van der Waals surface area contributed by atoms with E-state index in [9.17, 15) is 18.4 Å². The van der Waals surface area contributed by atoms with E-state index in [2.05, 4.69) is 15.6 Å². The SMILES string of the molecule is CC(CNc1ccc(-c2ccc(=O)n(C)c2)cc1C=N)NC(=O)C(C)(F)F.c1ccc(OC2CC2)nc1. The second-order valence-corrected chi connectivity index (χ2v) is 8.94. The molecule has 4 rings (SSSR count). The molecular formula is C27H31F2N5O3. The van der Waals surface area contributed by atoms with Gasteiger partial charge in [0, 0.05) is 68.5 Å². The molecule has 0 spiro atoms. The lowest BCUT2D eigenvalue weighted by atomic mass is 10.0. The summed E-state index contributed by atoms with van der Waals surface area (Å²) >= 11 is 0. The van der Waals surface area contributed by atoms with Crippen LogP contribution >= 0.6 is 0 Å². The van der Waals surface area contributed by atoms with Gasteiger partial charge in [0.05, 0.1) is 0 Å². The molecule has 1 saturated carbocycles. The molecule has 1 aliphatic carbocycles. The first-order valence-electron chi connectivity index (χ1n) is 11.9. The van der Waals surface area contributed by atoms with Crippen molar-refractivity contribution in [1.82, 2.24) is 14.9 Å². The van der Waals surface area contributed by atoms with Crippen molar-refractivity contribution in [3.63, 3.8) is 0 Å². The van der Waals surface area contributed by atoms with Gasteiger partial charge in [0.25, 0.3) is 5.91 Å². The normalized spacial score (nSPS) is 13.5. The number of carbonyl (C=O) groups excluding carboxylic acids is 1. The largest absolute Gasteiger partial charge is 0.474 e. The molecule has 1 unspecified atom stereocenters. The number of hydrogen-bond donors (Lipinski definition) is 3. The molecule has 0 saturated heterocycles. The first kappa shape index (κ1) is 27.5. The Bertz CT molecular complexity index is 1270. The number of nitrogens with zero attached hydrogens (tertiary/aromatic N) is 2. The fraction of sp³-hybridized carbons (Fsp3) is 0.333. The number of aryl methyl sites for hydroxylation is 1. The Morgan fingerprint density at radius 1 is 1.24 bits per heavy atom. The third-order valence-corrected chi connectivity index (χ3v) is 5.45. The summed E-state index contributed by atoms with van der Waals surface area (Å²) in [5, 5.41) is 12.9. The number of halogens is 2. The molecule has 1 fully saturated rings. The number of rotatable bonds is 9. The van der Waals surface area contributed by atoms with Crippen LogP contribution in [0.15, 0.2) is 65.7 Å². The Hall–Kier alpha value is -4.08. The number of amides is 1. The number of pyridine rings is 2. The van der Waals surface area contributed by atoms with Crippen LogP contribution in [0.2, 0.25) is 0 Å². The van der Waals surface area contributed by atoms with Crippen LogP contribution in [0.25, 0.3) is 11.1 Å². The molecular weight excluding hydrogens is 480 g/mol. The van der Waals surface area contributed by atoms with E-state index in [0.29, 0.717) is 24.3 Å². The summed E-state index contributed by atoms with van der Waals surface area (Å²) in [4.78, 5) is 26.9. The van der Waals surface area contributed by atoms with Crippen LogP contribution in [0, 0.1) is 5.41 Å². The highest BCUT2D eigenvalue weighted by Crippen LogP contribution is 2.25. The maximum Gasteiger partial charge on any atom is 0.321 e. The average molecular weight is 512 g/mol. The fourth-order valence-corrected chi connectivity index (χ4v) is 3.23. The minimum atomic E-state index is -3.42. The van der Waals surface area contributed by atoms with E-state index in [1.165, 1.54) is 29.7 Å². The molecule has 0 radical (unpaired) electrons. The summed E-state index contributed by atoms with van der Waals surface area (Å²) in [7, 11) is 1.66. The van der Waals surface area contributed by atoms with Crippen LogP contribution < -0.4 is 20.9 Å². The Morgan fingerprint density at radius 2 is 1.97 bits per heavy atom. The molecule has 1 aromatic carbocycles. The van der Waals surface area contributed by atoms with Crippen LogP contribution in [0.4, 0.5) is 14.5 Å². The van der Waals surface area contributed by atoms with E-state index >= 15 is 0 Å². The topological polar surface area (TPSA) is 109 Å². The Morgan fingerprint density at radius 3 is 2.57 bits per heavy atom. The number of carbonyl (C=O) groups is 1. The van der Waals surface area contributed by atoms with Crippen LogP contribution in [0.3, 0.4) is 0 Å². The highest BCUT2D eigenvalue weighted by molar-refractivity contribution is 5.88. The van der Waals surface area contributed by atoms with Gasteiger partial charge >= 0.3 is 5.92 Å². The van der Waals surface area contributed by atoms with Gasteiger partial charge in [-0.15, -0.1) is 0 Å². The van der Waals surface area contributed by atoms with Gasteiger partial charge in [0.15, 0.2) is 0 Å². The molecule has 0 aliphatic heterocycles. The van der Waals surface area contributed by atoms with E-state index in [0.717, 1.165) is 17.0 Å². The second-order valence-electron chi connectivity index (χ2n) is 8.94. The monoisotopic (exact) mass is 511 g/mol. The smallest absolute Gasteiger partial charge is 0.321 e. The molecule has 1 amide bonds. The lowest BCUT2D eigenvalue weighted by Gasteiger charge is -2.19. The molecule has 3 aromatic rings. The standard InChI is InChI=1S/C19H22F2N4O2.C8H9NO/c1-12(24-18(27)19(2,20)21)10-23-16-6-4-13(8-15(16)9-22)14-5-7-17(26)25(3)11-14;1-2-6-9-8(3-1)10-7-4-5-7/h4-9,11-12,22-23H,10H2,1-3H3,(H,24,27);1-3,6-7H,4-5H2. The lowest BCUT2D eigenvalue weighted by molar-refractivity contribution is -0.143. The molecule has 196 valence electrons. The third kappa shape index (κ3) is 8.52. The third-order valence-electron chi connectivity index (χ3n) is 5.45. The van der Waals surface area contributed by atoms with Crippen molar-refractivity contribution in [2.75, 3.05) is 11.9 Å². The summed E-state index contributed by atoms with van der Waals surface area (Å²) in [6.07, 6.45) is 7.47. The van der Waals surface area contributed by atoms with E-state index in [1.54, 1.807) is 44.6 Å². The summed E-state index contributed by atoms with van der Waals surface area (Å²) in [5.74, 6) is -4.00. The zero-order chi connectivity index (χ0) is 27.0. The average Bonchev–Trinajstić information content (AvgIpc) is 3.69. The predicted octanol–water partition coefficient (Wildman–Crippen LogP) is 4.24. The summed E-state index contributed by atoms with van der Waals surface area (Å²) in [5.41, 5.74) is 2.79. The van der Waals surface area contributed by atoms with Crippen molar-refractivity contribution in [3.05, 3.63) is 76.8 Å². The van der Waals surface area contributed by atoms with Gasteiger partial charge < -0.3 is 25.3 Å². The van der Waals surface area contributed by atoms with Gasteiger partial charge in [-0.3, -0.25) is 9.59 Å². The van der Waals surface area contributed by atoms with Crippen molar-refractivity contribution in [3.8, 4) is 17.0 Å². The van der Waals surface area contributed by atoms with Gasteiger partial charge in [0.2, 0.25) is 11.4 Å². The molecule has 10 heteroatoms. The molecule has 1 atom stereocenters. The Balaban J connectivity index is 0.000000313. The van der Waals surface area contributed by atoms with E-state index in [4.69, 9.17) is 10.1 Å². The number of benzene rings is 1. The van der Waals surface area contributed by atoms with Crippen molar-refractivity contribution in [1.29, 1.82) is 5.41 Å². The van der Waals surface area contributed by atoms with Crippen molar-refractivity contribution >= 4 is 17.8 Å². The number of hydrogen-bond acceptors (Lipinski definition) is 6. The van der Waals surface area contributed by atoms with Crippen LogP contribution in [0.1, 0.15) is 32.3 Å². The zero-order valence-electron chi connectivity index (χ0n) is 21.0. The highest BCUT2D eigenvalue weighted by atomic mass is 19.3. The van der Waals surface area contributed by atoms with Gasteiger partial charge in [-0.2, -0.15) is 8.78 Å².